The quantitative estimate of drug-likeness (QED) is 0.815. The first-order valence-corrected chi connectivity index (χ1v) is 6.12. The molecule has 1 N–H and O–H groups in total. The Kier molecular flexibility index (Phi) is 3.55. The van der Waals surface area contributed by atoms with Crippen LogP contribution in [0.25, 0.3) is 0 Å². The number of rotatable bonds is 2. The average molecular weight is 275 g/mol. The van der Waals surface area contributed by atoms with Crippen LogP contribution in [0, 0.1) is 17.1 Å². The first kappa shape index (κ1) is 14.2. The number of amides is 2. The fourth-order valence-electron chi connectivity index (χ4n) is 2.11. The maximum absolute atomic E-state index is 13.4. The molecule has 6 heteroatoms. The first-order valence-electron chi connectivity index (χ1n) is 6.12. The van der Waals surface area contributed by atoms with Crippen LogP contribution in [0.4, 0.5) is 4.39 Å². The smallest absolute Gasteiger partial charge is 0.246 e. The van der Waals surface area contributed by atoms with Gasteiger partial charge < -0.3 is 0 Å². The molecule has 1 aromatic carbocycles. The average Bonchev–Trinajstić information content (AvgIpc) is 2.35. The summed E-state index contributed by atoms with van der Waals surface area (Å²) >= 11 is 0. The lowest BCUT2D eigenvalue weighted by atomic mass is 9.97. The van der Waals surface area contributed by atoms with E-state index in [0.717, 1.165) is 6.07 Å². The van der Waals surface area contributed by atoms with Crippen LogP contribution in [-0.4, -0.2) is 28.8 Å². The van der Waals surface area contributed by atoms with E-state index >= 15 is 0 Å². The van der Waals surface area contributed by atoms with Crippen molar-refractivity contribution in [2.75, 3.05) is 6.54 Å². The van der Waals surface area contributed by atoms with E-state index in [4.69, 9.17) is 5.26 Å². The van der Waals surface area contributed by atoms with Crippen molar-refractivity contribution in [2.24, 2.45) is 0 Å². The third-order valence-electron chi connectivity index (χ3n) is 3.39. The van der Waals surface area contributed by atoms with Crippen molar-refractivity contribution in [3.05, 3.63) is 35.1 Å². The molecule has 0 bridgehead atoms. The number of piperazine rings is 1. The van der Waals surface area contributed by atoms with Crippen LogP contribution in [0.5, 0.6) is 0 Å². The summed E-state index contributed by atoms with van der Waals surface area (Å²) in [6.07, 6.45) is 0. The Bertz CT molecular complexity index is 619. The number of carbonyl (C=O) groups is 2. The zero-order chi connectivity index (χ0) is 14.9. The fourth-order valence-corrected chi connectivity index (χ4v) is 2.11. The van der Waals surface area contributed by atoms with Crippen molar-refractivity contribution < 1.29 is 14.0 Å². The molecule has 2 rings (SSSR count). The van der Waals surface area contributed by atoms with Crippen LogP contribution < -0.4 is 5.32 Å². The minimum atomic E-state index is -0.868. The molecule has 1 heterocycles. The highest BCUT2D eigenvalue weighted by molar-refractivity contribution is 6.02. The van der Waals surface area contributed by atoms with E-state index in [2.05, 4.69) is 5.32 Å². The van der Waals surface area contributed by atoms with Gasteiger partial charge in [-0.15, -0.1) is 0 Å². The van der Waals surface area contributed by atoms with Gasteiger partial charge in [-0.1, -0.05) is 0 Å². The third kappa shape index (κ3) is 2.68. The molecular weight excluding hydrogens is 261 g/mol. The highest BCUT2D eigenvalue weighted by Gasteiger charge is 2.40. The van der Waals surface area contributed by atoms with E-state index < -0.39 is 11.4 Å². The normalized spacial score (nSPS) is 18.5. The molecule has 0 atom stereocenters. The van der Waals surface area contributed by atoms with Gasteiger partial charge in [0.25, 0.3) is 0 Å². The van der Waals surface area contributed by atoms with E-state index in [1.807, 2.05) is 6.07 Å². The predicted molar refractivity (Wildman–Crippen MR) is 68.8 cm³/mol. The highest BCUT2D eigenvalue weighted by Crippen LogP contribution is 2.21. The summed E-state index contributed by atoms with van der Waals surface area (Å²) in [6.45, 7) is 3.66. The SMILES string of the molecule is CC1(C)C(=O)NC(=O)CN1Cc1cc(F)cc(C#N)c1. The molecule has 5 nitrogen and oxygen atoms in total. The maximum Gasteiger partial charge on any atom is 0.246 e. The zero-order valence-corrected chi connectivity index (χ0v) is 11.2. The van der Waals surface area contributed by atoms with Crippen molar-refractivity contribution in [1.82, 2.24) is 10.2 Å². The number of hydrogen-bond donors (Lipinski definition) is 1. The van der Waals surface area contributed by atoms with E-state index in [0.29, 0.717) is 5.56 Å². The minimum Gasteiger partial charge on any atom is -0.294 e. The molecule has 1 aliphatic rings. The van der Waals surface area contributed by atoms with Gasteiger partial charge >= 0.3 is 0 Å². The van der Waals surface area contributed by atoms with E-state index in [-0.39, 0.29) is 30.5 Å². The van der Waals surface area contributed by atoms with Crippen LogP contribution in [-0.2, 0) is 16.1 Å². The van der Waals surface area contributed by atoms with Gasteiger partial charge in [-0.25, -0.2) is 4.39 Å². The molecule has 104 valence electrons. The standard InChI is InChI=1S/C14H14FN3O2/c1-14(2)13(20)17-12(19)8-18(14)7-10-3-9(6-16)4-11(15)5-10/h3-5H,7-8H2,1-2H3,(H,17,19,20). The van der Waals surface area contributed by atoms with Gasteiger partial charge in [0.1, 0.15) is 5.82 Å². The number of imide groups is 1. The zero-order valence-electron chi connectivity index (χ0n) is 11.2. The second-order valence-electron chi connectivity index (χ2n) is 5.25. The van der Waals surface area contributed by atoms with Gasteiger partial charge in [-0.2, -0.15) is 5.26 Å². The van der Waals surface area contributed by atoms with Crippen LogP contribution in [0.15, 0.2) is 18.2 Å². The molecule has 1 saturated heterocycles. The van der Waals surface area contributed by atoms with Crippen molar-refractivity contribution in [3.63, 3.8) is 0 Å². The fraction of sp³-hybridized carbons (Fsp3) is 0.357. The molecule has 0 saturated carbocycles. The second kappa shape index (κ2) is 5.02. The number of nitrogens with one attached hydrogen (secondary N) is 1. The van der Waals surface area contributed by atoms with Gasteiger partial charge in [0.15, 0.2) is 0 Å². The maximum atomic E-state index is 13.4. The highest BCUT2D eigenvalue weighted by atomic mass is 19.1. The number of nitriles is 1. The molecule has 1 aliphatic heterocycles. The molecule has 0 spiro atoms. The molecular formula is C14H14FN3O2. The number of benzene rings is 1. The lowest BCUT2D eigenvalue weighted by molar-refractivity contribution is -0.145. The van der Waals surface area contributed by atoms with Gasteiger partial charge in [0.05, 0.1) is 23.7 Å². The number of halogens is 1. The van der Waals surface area contributed by atoms with Crippen LogP contribution in [0.3, 0.4) is 0 Å². The second-order valence-corrected chi connectivity index (χ2v) is 5.25. The largest absolute Gasteiger partial charge is 0.294 e. The Hall–Kier alpha value is -2.26. The topological polar surface area (TPSA) is 73.2 Å². The molecule has 0 radical (unpaired) electrons. The van der Waals surface area contributed by atoms with Crippen molar-refractivity contribution in [3.8, 4) is 6.07 Å². The first-order chi connectivity index (χ1) is 9.32. The molecule has 0 unspecified atom stereocenters. The number of carbonyl (C=O) groups excluding carboxylic acids is 2. The summed E-state index contributed by atoms with van der Waals surface area (Å²) in [7, 11) is 0. The van der Waals surface area contributed by atoms with Gasteiger partial charge in [-0.05, 0) is 37.6 Å². The summed E-state index contributed by atoms with van der Waals surface area (Å²) in [5.74, 6) is -1.28. The lowest BCUT2D eigenvalue weighted by Crippen LogP contribution is -2.63. The molecule has 20 heavy (non-hydrogen) atoms. The van der Waals surface area contributed by atoms with E-state index in [1.165, 1.54) is 6.07 Å². The Morgan fingerprint density at radius 2 is 2.10 bits per heavy atom. The lowest BCUT2D eigenvalue weighted by Gasteiger charge is -2.40. The van der Waals surface area contributed by atoms with E-state index in [1.54, 1.807) is 24.8 Å². The van der Waals surface area contributed by atoms with Crippen LogP contribution >= 0.6 is 0 Å². The van der Waals surface area contributed by atoms with Gasteiger partial charge in [0.2, 0.25) is 11.8 Å². The summed E-state index contributed by atoms with van der Waals surface area (Å²) in [4.78, 5) is 24.9. The summed E-state index contributed by atoms with van der Waals surface area (Å²) in [5.41, 5.74) is -0.102. The summed E-state index contributed by atoms with van der Waals surface area (Å²) < 4.78 is 13.4. The van der Waals surface area contributed by atoms with Crippen LogP contribution in [0.1, 0.15) is 25.0 Å². The molecule has 0 aliphatic carbocycles. The predicted octanol–water partition coefficient (Wildman–Crippen LogP) is 0.934. The molecule has 1 aromatic rings. The molecule has 1 fully saturated rings. The van der Waals surface area contributed by atoms with E-state index in [9.17, 15) is 14.0 Å². The van der Waals surface area contributed by atoms with Crippen molar-refractivity contribution in [2.45, 2.75) is 25.9 Å². The molecule has 0 aromatic heterocycles. The Balaban J connectivity index is 2.28. The summed E-state index contributed by atoms with van der Waals surface area (Å²) in [6, 6.07) is 5.87. The summed E-state index contributed by atoms with van der Waals surface area (Å²) in [5, 5.41) is 11.1. The number of hydrogen-bond acceptors (Lipinski definition) is 4. The van der Waals surface area contributed by atoms with Crippen molar-refractivity contribution in [1.29, 1.82) is 5.26 Å². The van der Waals surface area contributed by atoms with Crippen LogP contribution in [0.2, 0.25) is 0 Å². The number of nitrogens with zero attached hydrogens (tertiary/aromatic N) is 2. The Morgan fingerprint density at radius 3 is 2.75 bits per heavy atom. The third-order valence-corrected chi connectivity index (χ3v) is 3.39. The Morgan fingerprint density at radius 1 is 1.40 bits per heavy atom. The van der Waals surface area contributed by atoms with Gasteiger partial charge in [-0.3, -0.25) is 19.8 Å². The molecule has 2 amide bonds. The van der Waals surface area contributed by atoms with Gasteiger partial charge in [0, 0.05) is 6.54 Å². The Labute approximate surface area is 116 Å². The monoisotopic (exact) mass is 275 g/mol. The van der Waals surface area contributed by atoms with Crippen molar-refractivity contribution >= 4 is 11.8 Å². The minimum absolute atomic E-state index is 0.0527.